The fourth-order valence-corrected chi connectivity index (χ4v) is 4.03. The predicted molar refractivity (Wildman–Crippen MR) is 140 cm³/mol. The van der Waals surface area contributed by atoms with Gasteiger partial charge < -0.3 is 20.3 Å². The topological polar surface area (TPSA) is 125 Å². The quantitative estimate of drug-likeness (QED) is 0.357. The summed E-state index contributed by atoms with van der Waals surface area (Å²) in [5, 5.41) is 12.8. The number of aromatic amines is 1. The van der Waals surface area contributed by atoms with Crippen molar-refractivity contribution in [1.82, 2.24) is 25.1 Å². The maximum Gasteiger partial charge on any atom is 0.256 e. The summed E-state index contributed by atoms with van der Waals surface area (Å²) in [5.74, 6) is -0.00205. The molecule has 0 saturated carbocycles. The normalized spacial score (nSPS) is 14.1. The first-order valence-corrected chi connectivity index (χ1v) is 12.0. The minimum absolute atomic E-state index is 0.153. The maximum atomic E-state index is 13.4. The van der Waals surface area contributed by atoms with E-state index in [0.717, 1.165) is 11.1 Å². The molecule has 0 radical (unpaired) electrons. The van der Waals surface area contributed by atoms with Crippen LogP contribution in [0.15, 0.2) is 73.2 Å². The highest BCUT2D eigenvalue weighted by Crippen LogP contribution is 2.24. The molecule has 10 nitrogen and oxygen atoms in total. The van der Waals surface area contributed by atoms with E-state index >= 15 is 0 Å². The molecular weight excluding hydrogens is 470 g/mol. The van der Waals surface area contributed by atoms with Gasteiger partial charge in [0.15, 0.2) is 0 Å². The number of carbonyl (C=O) groups excluding carboxylic acids is 2. The molecule has 0 unspecified atom stereocenters. The molecule has 3 N–H and O–H groups in total. The number of pyridine rings is 2. The molecule has 4 heterocycles. The van der Waals surface area contributed by atoms with Crippen LogP contribution in [0.4, 0.5) is 11.5 Å². The molecule has 0 spiro atoms. The first-order valence-electron chi connectivity index (χ1n) is 12.0. The van der Waals surface area contributed by atoms with Gasteiger partial charge >= 0.3 is 0 Å². The number of aromatic nitrogens is 4. The summed E-state index contributed by atoms with van der Waals surface area (Å²) < 4.78 is 5.39. The SMILES string of the molecule is C[C@H](Nc1cnc(-c2ccn[nH]2)cc1C(=O)N1CCOCC1)C(=O)Nc1ccc(-c2ccccc2)cn1. The Balaban J connectivity index is 1.32. The maximum absolute atomic E-state index is 13.4. The Morgan fingerprint density at radius 1 is 1.00 bits per heavy atom. The summed E-state index contributed by atoms with van der Waals surface area (Å²) in [5.41, 5.74) is 4.17. The lowest BCUT2D eigenvalue weighted by Gasteiger charge is -2.28. The van der Waals surface area contributed by atoms with E-state index in [1.165, 1.54) is 0 Å². The van der Waals surface area contributed by atoms with Crippen LogP contribution in [0.5, 0.6) is 0 Å². The number of hydrogen-bond donors (Lipinski definition) is 3. The summed E-state index contributed by atoms with van der Waals surface area (Å²) in [6.45, 7) is 3.70. The van der Waals surface area contributed by atoms with Gasteiger partial charge in [0, 0.05) is 31.0 Å². The smallest absolute Gasteiger partial charge is 0.256 e. The number of rotatable bonds is 7. The molecule has 3 aromatic heterocycles. The fraction of sp³-hybridized carbons (Fsp3) is 0.222. The van der Waals surface area contributed by atoms with Crippen molar-refractivity contribution in [3.8, 4) is 22.5 Å². The molecule has 1 atom stereocenters. The molecule has 4 aromatic rings. The van der Waals surface area contributed by atoms with Crippen molar-refractivity contribution >= 4 is 23.3 Å². The second-order valence-electron chi connectivity index (χ2n) is 8.64. The summed E-state index contributed by atoms with van der Waals surface area (Å²) in [7, 11) is 0. The molecule has 37 heavy (non-hydrogen) atoms. The van der Waals surface area contributed by atoms with Gasteiger partial charge in [-0.15, -0.1) is 0 Å². The second kappa shape index (κ2) is 11.0. The summed E-state index contributed by atoms with van der Waals surface area (Å²) in [6.07, 6.45) is 4.92. The van der Waals surface area contributed by atoms with Crippen LogP contribution in [-0.4, -0.2) is 69.2 Å². The summed E-state index contributed by atoms with van der Waals surface area (Å²) >= 11 is 0. The molecule has 1 aliphatic rings. The predicted octanol–water partition coefficient (Wildman–Crippen LogP) is 3.45. The van der Waals surface area contributed by atoms with Crippen LogP contribution < -0.4 is 10.6 Å². The lowest BCUT2D eigenvalue weighted by Crippen LogP contribution is -2.41. The van der Waals surface area contributed by atoms with Gasteiger partial charge in [-0.25, -0.2) is 4.98 Å². The molecule has 0 bridgehead atoms. The number of nitrogens with zero attached hydrogens (tertiary/aromatic N) is 4. The van der Waals surface area contributed by atoms with E-state index in [1.807, 2.05) is 36.4 Å². The van der Waals surface area contributed by atoms with Crippen molar-refractivity contribution in [2.75, 3.05) is 36.9 Å². The molecule has 5 rings (SSSR count). The highest BCUT2D eigenvalue weighted by Gasteiger charge is 2.24. The average molecular weight is 498 g/mol. The number of hydrogen-bond acceptors (Lipinski definition) is 7. The zero-order valence-corrected chi connectivity index (χ0v) is 20.3. The van der Waals surface area contributed by atoms with Crippen LogP contribution in [0.1, 0.15) is 17.3 Å². The number of anilines is 2. The van der Waals surface area contributed by atoms with Crippen LogP contribution >= 0.6 is 0 Å². The number of amides is 2. The van der Waals surface area contributed by atoms with Gasteiger partial charge in [-0.2, -0.15) is 5.10 Å². The number of ether oxygens (including phenoxy) is 1. The molecule has 10 heteroatoms. The number of morpholine rings is 1. The van der Waals surface area contributed by atoms with Crippen LogP contribution in [0, 0.1) is 0 Å². The lowest BCUT2D eigenvalue weighted by atomic mass is 10.1. The van der Waals surface area contributed by atoms with E-state index in [1.54, 1.807) is 48.6 Å². The van der Waals surface area contributed by atoms with E-state index < -0.39 is 6.04 Å². The second-order valence-corrected chi connectivity index (χ2v) is 8.64. The first kappa shape index (κ1) is 24.1. The zero-order valence-electron chi connectivity index (χ0n) is 20.3. The Kier molecular flexibility index (Phi) is 7.18. The van der Waals surface area contributed by atoms with E-state index in [0.29, 0.717) is 54.8 Å². The fourth-order valence-electron chi connectivity index (χ4n) is 4.03. The molecule has 1 saturated heterocycles. The molecule has 188 valence electrons. The minimum Gasteiger partial charge on any atom is -0.378 e. The van der Waals surface area contributed by atoms with Crippen molar-refractivity contribution in [3.63, 3.8) is 0 Å². The van der Waals surface area contributed by atoms with Crippen molar-refractivity contribution in [1.29, 1.82) is 0 Å². The number of nitrogens with one attached hydrogen (secondary N) is 3. The van der Waals surface area contributed by atoms with Crippen molar-refractivity contribution < 1.29 is 14.3 Å². The van der Waals surface area contributed by atoms with Crippen molar-refractivity contribution in [2.45, 2.75) is 13.0 Å². The molecule has 1 aromatic carbocycles. The highest BCUT2D eigenvalue weighted by atomic mass is 16.5. The Hall–Kier alpha value is -4.57. The summed E-state index contributed by atoms with van der Waals surface area (Å²) in [4.78, 5) is 36.9. The number of benzene rings is 1. The third kappa shape index (κ3) is 5.65. The Morgan fingerprint density at radius 3 is 2.51 bits per heavy atom. The minimum atomic E-state index is -0.661. The van der Waals surface area contributed by atoms with E-state index in [-0.39, 0.29) is 11.8 Å². The molecule has 1 aliphatic heterocycles. The van der Waals surface area contributed by atoms with Crippen LogP contribution in [0.3, 0.4) is 0 Å². The van der Waals surface area contributed by atoms with E-state index in [2.05, 4.69) is 30.8 Å². The van der Waals surface area contributed by atoms with E-state index in [9.17, 15) is 9.59 Å². The Morgan fingerprint density at radius 2 is 1.81 bits per heavy atom. The zero-order chi connectivity index (χ0) is 25.6. The molecule has 1 fully saturated rings. The van der Waals surface area contributed by atoms with Gasteiger partial charge in [-0.1, -0.05) is 30.3 Å². The highest BCUT2D eigenvalue weighted by molar-refractivity contribution is 6.02. The van der Waals surface area contributed by atoms with Gasteiger partial charge in [0.05, 0.1) is 42.0 Å². The third-order valence-corrected chi connectivity index (χ3v) is 6.10. The van der Waals surface area contributed by atoms with Gasteiger partial charge in [0.25, 0.3) is 5.91 Å². The number of carbonyl (C=O) groups is 2. The van der Waals surface area contributed by atoms with Crippen LogP contribution in [-0.2, 0) is 9.53 Å². The molecular formula is C27H27N7O3. The average Bonchev–Trinajstić information content (AvgIpc) is 3.49. The standard InChI is InChI=1S/C27H27N7O3/c1-18(26(35)32-25-8-7-20(16-29-25)19-5-3-2-4-6-19)31-24-17-28-23(22-9-10-30-33-22)15-21(24)27(36)34-11-13-37-14-12-34/h2-10,15-18,31H,11-14H2,1H3,(H,30,33)(H,29,32,35)/t18-/m0/s1. The van der Waals surface area contributed by atoms with Crippen LogP contribution in [0.2, 0.25) is 0 Å². The van der Waals surface area contributed by atoms with Gasteiger partial charge in [-0.3, -0.25) is 19.7 Å². The largest absolute Gasteiger partial charge is 0.378 e. The number of H-pyrrole nitrogens is 1. The van der Waals surface area contributed by atoms with Gasteiger partial charge in [-0.05, 0) is 36.8 Å². The van der Waals surface area contributed by atoms with Gasteiger partial charge in [0.1, 0.15) is 11.9 Å². The van der Waals surface area contributed by atoms with Crippen LogP contribution in [0.25, 0.3) is 22.5 Å². The van der Waals surface area contributed by atoms with Gasteiger partial charge in [0.2, 0.25) is 5.91 Å². The molecule has 2 amide bonds. The molecule has 0 aliphatic carbocycles. The summed E-state index contributed by atoms with van der Waals surface area (Å²) in [6, 6.07) is 16.4. The third-order valence-electron chi connectivity index (χ3n) is 6.10. The Bertz CT molecular complexity index is 1350. The van der Waals surface area contributed by atoms with Crippen molar-refractivity contribution in [2.24, 2.45) is 0 Å². The van der Waals surface area contributed by atoms with E-state index in [4.69, 9.17) is 4.74 Å². The lowest BCUT2D eigenvalue weighted by molar-refractivity contribution is -0.116. The van der Waals surface area contributed by atoms with Crippen molar-refractivity contribution in [3.05, 3.63) is 78.8 Å². The first-order chi connectivity index (χ1) is 18.1. The Labute approximate surface area is 214 Å². The monoisotopic (exact) mass is 497 g/mol.